The first-order valence-corrected chi connectivity index (χ1v) is 12.9. The van der Waals surface area contributed by atoms with Gasteiger partial charge in [-0.25, -0.2) is 9.37 Å². The Morgan fingerprint density at radius 2 is 2.06 bits per heavy atom. The van der Waals surface area contributed by atoms with Gasteiger partial charge in [-0.2, -0.15) is 0 Å². The van der Waals surface area contributed by atoms with E-state index < -0.39 is 0 Å². The minimum absolute atomic E-state index is 0.00124. The van der Waals surface area contributed by atoms with Gasteiger partial charge in [0.05, 0.1) is 25.4 Å². The fraction of sp³-hybridized carbons (Fsp3) is 0.241. The molecule has 7 heteroatoms. The van der Waals surface area contributed by atoms with Crippen LogP contribution in [0.4, 0.5) is 4.39 Å². The average Bonchev–Trinajstić information content (AvgIpc) is 3.27. The van der Waals surface area contributed by atoms with Gasteiger partial charge in [0.2, 0.25) is 0 Å². The van der Waals surface area contributed by atoms with Gasteiger partial charge >= 0.3 is 0 Å². The molecule has 1 aliphatic carbocycles. The van der Waals surface area contributed by atoms with Crippen LogP contribution in [-0.4, -0.2) is 22.7 Å². The summed E-state index contributed by atoms with van der Waals surface area (Å²) >= 11 is 1.62. The summed E-state index contributed by atoms with van der Waals surface area (Å²) in [7, 11) is 1.66. The largest absolute Gasteiger partial charge is 0.496 e. The molecule has 182 valence electrons. The SMILES string of the molecule is COc1ccc2ccccc2c1Cn1cnc2sc3c(c2c1=O)CCC(NCc1cccc(F)c1)C3. The van der Waals surface area contributed by atoms with Gasteiger partial charge < -0.3 is 10.1 Å². The van der Waals surface area contributed by atoms with Gasteiger partial charge in [-0.3, -0.25) is 9.36 Å². The van der Waals surface area contributed by atoms with Gasteiger partial charge in [0, 0.05) is 23.0 Å². The zero-order valence-electron chi connectivity index (χ0n) is 20.0. The Morgan fingerprint density at radius 3 is 2.92 bits per heavy atom. The van der Waals surface area contributed by atoms with E-state index in [0.29, 0.717) is 13.1 Å². The van der Waals surface area contributed by atoms with Gasteiger partial charge in [-0.05, 0) is 59.4 Å². The first-order chi connectivity index (χ1) is 17.6. The lowest BCUT2D eigenvalue weighted by molar-refractivity contribution is 0.409. The van der Waals surface area contributed by atoms with Crippen molar-refractivity contribution in [2.75, 3.05) is 7.11 Å². The molecular weight excluding hydrogens is 473 g/mol. The van der Waals surface area contributed by atoms with E-state index in [1.807, 2.05) is 30.3 Å². The Bertz CT molecular complexity index is 1640. The second-order valence-electron chi connectivity index (χ2n) is 9.28. The summed E-state index contributed by atoms with van der Waals surface area (Å²) in [5.41, 5.74) is 3.05. The van der Waals surface area contributed by atoms with Crippen LogP contribution in [0.15, 0.2) is 71.8 Å². The van der Waals surface area contributed by atoms with Crippen LogP contribution in [0.1, 0.15) is 28.0 Å². The van der Waals surface area contributed by atoms with Gasteiger partial charge in [0.25, 0.3) is 5.56 Å². The second kappa shape index (κ2) is 9.48. The van der Waals surface area contributed by atoms with Gasteiger partial charge in [-0.1, -0.05) is 42.5 Å². The van der Waals surface area contributed by atoms with Crippen molar-refractivity contribution in [1.29, 1.82) is 0 Å². The number of nitrogens with one attached hydrogen (secondary N) is 1. The maximum Gasteiger partial charge on any atom is 0.262 e. The fourth-order valence-corrected chi connectivity index (χ4v) is 6.50. The highest BCUT2D eigenvalue weighted by molar-refractivity contribution is 7.18. The smallest absolute Gasteiger partial charge is 0.262 e. The molecule has 1 unspecified atom stereocenters. The molecule has 1 atom stereocenters. The number of methoxy groups -OCH3 is 1. The summed E-state index contributed by atoms with van der Waals surface area (Å²) in [6.07, 6.45) is 4.27. The van der Waals surface area contributed by atoms with Crippen molar-refractivity contribution < 1.29 is 9.13 Å². The maximum absolute atomic E-state index is 13.7. The summed E-state index contributed by atoms with van der Waals surface area (Å²) < 4.78 is 20.8. The van der Waals surface area contributed by atoms with E-state index in [1.54, 1.807) is 41.5 Å². The third kappa shape index (κ3) is 4.18. The molecular formula is C29H26FN3O2S. The van der Waals surface area contributed by atoms with E-state index in [1.165, 1.54) is 10.9 Å². The first kappa shape index (κ1) is 22.9. The van der Waals surface area contributed by atoms with Crippen LogP contribution in [0.5, 0.6) is 5.75 Å². The van der Waals surface area contributed by atoms with Gasteiger partial charge in [-0.15, -0.1) is 11.3 Å². The van der Waals surface area contributed by atoms with Crippen LogP contribution in [0.2, 0.25) is 0 Å². The molecule has 1 aliphatic rings. The third-order valence-corrected chi connectivity index (χ3v) is 8.23. The number of hydrogen-bond donors (Lipinski definition) is 1. The van der Waals surface area contributed by atoms with E-state index in [0.717, 1.165) is 62.7 Å². The maximum atomic E-state index is 13.7. The van der Waals surface area contributed by atoms with Gasteiger partial charge in [0.15, 0.2) is 0 Å². The number of nitrogens with zero attached hydrogens (tertiary/aromatic N) is 2. The Balaban J connectivity index is 1.29. The molecule has 2 aromatic heterocycles. The Labute approximate surface area is 212 Å². The van der Waals surface area contributed by atoms with Crippen molar-refractivity contribution in [2.24, 2.45) is 0 Å². The fourth-order valence-electron chi connectivity index (χ4n) is 5.24. The lowest BCUT2D eigenvalue weighted by Gasteiger charge is -2.23. The summed E-state index contributed by atoms with van der Waals surface area (Å²) in [6.45, 7) is 1.02. The number of aromatic nitrogens is 2. The Kier molecular flexibility index (Phi) is 6.03. The van der Waals surface area contributed by atoms with E-state index in [2.05, 4.69) is 22.4 Å². The van der Waals surface area contributed by atoms with Crippen LogP contribution in [0, 0.1) is 5.82 Å². The molecule has 0 fully saturated rings. The molecule has 5 nitrogen and oxygen atoms in total. The molecule has 0 saturated heterocycles. The van der Waals surface area contributed by atoms with Crippen molar-refractivity contribution in [3.63, 3.8) is 0 Å². The molecule has 3 aromatic carbocycles. The molecule has 36 heavy (non-hydrogen) atoms. The van der Waals surface area contributed by atoms with Crippen LogP contribution >= 0.6 is 11.3 Å². The minimum Gasteiger partial charge on any atom is -0.496 e. The number of thiophene rings is 1. The second-order valence-corrected chi connectivity index (χ2v) is 10.4. The van der Waals surface area contributed by atoms with Crippen LogP contribution in [0.25, 0.3) is 21.0 Å². The number of ether oxygens (including phenoxy) is 1. The molecule has 0 radical (unpaired) electrons. The highest BCUT2D eigenvalue weighted by atomic mass is 32.1. The van der Waals surface area contributed by atoms with E-state index in [9.17, 15) is 9.18 Å². The van der Waals surface area contributed by atoms with Crippen LogP contribution in [0.3, 0.4) is 0 Å². The standard InChI is InChI=1S/C29H26FN3O2S/c1-35-25-12-9-19-6-2-3-8-22(19)24(25)16-33-17-32-28-27(29(33)34)23-11-10-21(14-26(23)36-28)31-15-18-5-4-7-20(30)13-18/h2-9,12-13,17,21,31H,10-11,14-16H2,1H3. The van der Waals surface area contributed by atoms with Crippen molar-refractivity contribution in [1.82, 2.24) is 14.9 Å². The van der Waals surface area contributed by atoms with E-state index in [-0.39, 0.29) is 17.4 Å². The van der Waals surface area contributed by atoms with Crippen LogP contribution in [-0.2, 0) is 25.9 Å². The van der Waals surface area contributed by atoms with Gasteiger partial charge in [0.1, 0.15) is 16.4 Å². The first-order valence-electron chi connectivity index (χ1n) is 12.1. The lowest BCUT2D eigenvalue weighted by Crippen LogP contribution is -2.33. The highest BCUT2D eigenvalue weighted by Crippen LogP contribution is 2.34. The Hall–Kier alpha value is -3.55. The normalized spacial score (nSPS) is 15.3. The molecule has 0 aliphatic heterocycles. The predicted octanol–water partition coefficient (Wildman–Crippen LogP) is 5.45. The van der Waals surface area contributed by atoms with Crippen molar-refractivity contribution in [2.45, 2.75) is 38.4 Å². The summed E-state index contributed by atoms with van der Waals surface area (Å²) in [4.78, 5) is 20.4. The summed E-state index contributed by atoms with van der Waals surface area (Å²) in [6, 6.07) is 19.1. The summed E-state index contributed by atoms with van der Waals surface area (Å²) in [5.74, 6) is 0.550. The van der Waals surface area contributed by atoms with E-state index in [4.69, 9.17) is 4.74 Å². The van der Waals surface area contributed by atoms with E-state index >= 15 is 0 Å². The Morgan fingerprint density at radius 1 is 1.17 bits per heavy atom. The zero-order chi connectivity index (χ0) is 24.6. The highest BCUT2D eigenvalue weighted by Gasteiger charge is 2.25. The molecule has 5 aromatic rings. The molecule has 0 bridgehead atoms. The molecule has 2 heterocycles. The molecule has 0 amide bonds. The van der Waals surface area contributed by atoms with Crippen LogP contribution < -0.4 is 15.6 Å². The number of benzene rings is 3. The molecule has 6 rings (SSSR count). The quantitative estimate of drug-likeness (QED) is 0.337. The number of hydrogen-bond acceptors (Lipinski definition) is 5. The predicted molar refractivity (Wildman–Crippen MR) is 143 cm³/mol. The number of aryl methyl sites for hydroxylation is 1. The number of rotatable bonds is 6. The average molecular weight is 500 g/mol. The minimum atomic E-state index is -0.215. The monoisotopic (exact) mass is 499 g/mol. The summed E-state index contributed by atoms with van der Waals surface area (Å²) in [5, 5.41) is 6.50. The zero-order valence-corrected chi connectivity index (χ0v) is 20.8. The number of fused-ring (bicyclic) bond motifs is 4. The van der Waals surface area contributed by atoms with Crippen molar-refractivity contribution >= 4 is 32.3 Å². The molecule has 1 N–H and O–H groups in total. The topological polar surface area (TPSA) is 56.2 Å². The third-order valence-electron chi connectivity index (χ3n) is 7.07. The van der Waals surface area contributed by atoms with Crippen molar-refractivity contribution in [3.8, 4) is 5.75 Å². The molecule has 0 spiro atoms. The molecule has 0 saturated carbocycles. The number of halogens is 1. The van der Waals surface area contributed by atoms with Crippen molar-refractivity contribution in [3.05, 3.63) is 105 Å². The lowest BCUT2D eigenvalue weighted by atomic mass is 9.93.